The molecule has 1 fully saturated rings. The molecule has 0 radical (unpaired) electrons. The van der Waals surface area contributed by atoms with Crippen molar-refractivity contribution in [3.05, 3.63) is 70.9 Å². The number of phenolic OH excluding ortho intramolecular Hbond substituents is 2. The average Bonchev–Trinajstić information content (AvgIpc) is 2.96. The second kappa shape index (κ2) is 18.1. The summed E-state index contributed by atoms with van der Waals surface area (Å²) in [5, 5.41) is 26.1. The molecular weight excluding hydrogens is 494 g/mol. The Hall–Kier alpha value is -3.32. The molecule has 7 nitrogen and oxygen atoms in total. The maximum atomic E-state index is 13.2. The molecule has 1 aliphatic heterocycles. The SMILES string of the molecule is C/C=C/CCOC(=O)c1c(O)cc(O)c(C2CCCCO2)c1CC(/C=C/CC)=N/OCC1=CCCC=C1.CC. The van der Waals surface area contributed by atoms with Gasteiger partial charge in [0.2, 0.25) is 0 Å². The summed E-state index contributed by atoms with van der Waals surface area (Å²) < 4.78 is 11.5. The number of carbonyl (C=O) groups is 1. The number of hydrogen-bond acceptors (Lipinski definition) is 7. The lowest BCUT2D eigenvalue weighted by Crippen LogP contribution is -2.19. The third-order valence-electron chi connectivity index (χ3n) is 6.28. The Morgan fingerprint density at radius 1 is 1.18 bits per heavy atom. The predicted molar refractivity (Wildman–Crippen MR) is 156 cm³/mol. The molecule has 214 valence electrons. The van der Waals surface area contributed by atoms with Crippen molar-refractivity contribution in [1.29, 1.82) is 0 Å². The van der Waals surface area contributed by atoms with Crippen LogP contribution in [0.1, 0.15) is 100 Å². The second-order valence-corrected chi connectivity index (χ2v) is 9.13. The van der Waals surface area contributed by atoms with E-state index in [1.54, 1.807) is 0 Å². The van der Waals surface area contributed by atoms with Crippen LogP contribution in [0.25, 0.3) is 0 Å². The van der Waals surface area contributed by atoms with Crippen molar-refractivity contribution in [2.45, 2.75) is 85.2 Å². The van der Waals surface area contributed by atoms with Crippen LogP contribution in [0.3, 0.4) is 0 Å². The van der Waals surface area contributed by atoms with Crippen LogP contribution < -0.4 is 0 Å². The minimum absolute atomic E-state index is 0.0259. The predicted octanol–water partition coefficient (Wildman–Crippen LogP) is 7.65. The second-order valence-electron chi connectivity index (χ2n) is 9.13. The summed E-state index contributed by atoms with van der Waals surface area (Å²) in [4.78, 5) is 18.9. The maximum absolute atomic E-state index is 13.2. The van der Waals surface area contributed by atoms with Gasteiger partial charge in [0.1, 0.15) is 23.7 Å². The van der Waals surface area contributed by atoms with E-state index in [1.165, 1.54) is 6.07 Å². The summed E-state index contributed by atoms with van der Waals surface area (Å²) in [6.45, 7) is 9.00. The molecule has 0 amide bonds. The van der Waals surface area contributed by atoms with Crippen LogP contribution in [0, 0.1) is 0 Å². The zero-order valence-electron chi connectivity index (χ0n) is 23.9. The van der Waals surface area contributed by atoms with Gasteiger partial charge in [0.05, 0.1) is 18.4 Å². The van der Waals surface area contributed by atoms with Crippen LogP contribution in [-0.2, 0) is 20.7 Å². The van der Waals surface area contributed by atoms with Crippen molar-refractivity contribution in [2.75, 3.05) is 19.8 Å². The first kappa shape index (κ1) is 31.9. The minimum atomic E-state index is -0.647. The zero-order chi connectivity index (χ0) is 28.5. The normalized spacial score (nSPS) is 17.6. The molecule has 1 heterocycles. The molecule has 0 bridgehead atoms. The van der Waals surface area contributed by atoms with Gasteiger partial charge in [-0.15, -0.1) is 0 Å². The zero-order valence-corrected chi connectivity index (χ0v) is 23.9. The van der Waals surface area contributed by atoms with E-state index >= 15 is 0 Å². The van der Waals surface area contributed by atoms with Crippen LogP contribution in [0.15, 0.2) is 59.3 Å². The lowest BCUT2D eigenvalue weighted by molar-refractivity contribution is 0.0130. The number of allylic oxidation sites excluding steroid dienone is 5. The molecule has 2 aliphatic rings. The highest BCUT2D eigenvalue weighted by molar-refractivity contribution is 6.01. The molecule has 1 aromatic carbocycles. The average molecular weight is 540 g/mol. The van der Waals surface area contributed by atoms with Gasteiger partial charge >= 0.3 is 5.97 Å². The Kier molecular flexibility index (Phi) is 14.8. The van der Waals surface area contributed by atoms with Crippen molar-refractivity contribution in [3.63, 3.8) is 0 Å². The van der Waals surface area contributed by atoms with Crippen molar-refractivity contribution < 1.29 is 29.3 Å². The standard InChI is InChI=1S/C30H39NO6.C2H6/c1-3-5-11-18-36-30(34)29-24(28(25(32)20-26(29)33)27-16-10-12-17-35-27)19-23(15-6-4-2)31-37-21-22-13-8-7-9-14-22;1-2/h3,5-6,8,13-15,20,27,32-33H,4,7,9-12,16-19,21H2,1-2H3;1-2H3/b5-3+,15-6+,31-23+;. The van der Waals surface area contributed by atoms with Gasteiger partial charge in [-0.05, 0) is 69.1 Å². The fourth-order valence-corrected chi connectivity index (χ4v) is 4.44. The molecule has 3 rings (SSSR count). The summed E-state index contributed by atoms with van der Waals surface area (Å²) >= 11 is 0. The third kappa shape index (κ3) is 10.1. The molecule has 1 aliphatic carbocycles. The highest BCUT2D eigenvalue weighted by Gasteiger charge is 2.30. The number of phenols is 2. The Balaban J connectivity index is 0.00000260. The molecule has 0 spiro atoms. The van der Waals surface area contributed by atoms with Gasteiger partial charge in [0, 0.05) is 24.7 Å². The van der Waals surface area contributed by atoms with E-state index in [1.807, 2.05) is 58.1 Å². The highest BCUT2D eigenvalue weighted by atomic mass is 16.6. The van der Waals surface area contributed by atoms with Crippen LogP contribution in [0.5, 0.6) is 11.5 Å². The van der Waals surface area contributed by atoms with E-state index in [9.17, 15) is 15.0 Å². The van der Waals surface area contributed by atoms with Gasteiger partial charge in [-0.2, -0.15) is 0 Å². The topological polar surface area (TPSA) is 97.6 Å². The molecule has 2 N–H and O–H groups in total. The highest BCUT2D eigenvalue weighted by Crippen LogP contribution is 2.41. The van der Waals surface area contributed by atoms with Crippen molar-refractivity contribution in [1.82, 2.24) is 0 Å². The Labute approximate surface area is 233 Å². The molecule has 1 unspecified atom stereocenters. The largest absolute Gasteiger partial charge is 0.507 e. The first-order chi connectivity index (χ1) is 19.0. The lowest BCUT2D eigenvalue weighted by atomic mass is 9.88. The summed E-state index contributed by atoms with van der Waals surface area (Å²) in [5.74, 6) is -1.09. The molecule has 1 aromatic rings. The number of oxime groups is 1. The Morgan fingerprint density at radius 2 is 2.00 bits per heavy atom. The number of esters is 1. The maximum Gasteiger partial charge on any atom is 0.342 e. The molecule has 1 atom stereocenters. The molecule has 39 heavy (non-hydrogen) atoms. The van der Waals surface area contributed by atoms with Crippen molar-refractivity contribution in [3.8, 4) is 11.5 Å². The summed E-state index contributed by atoms with van der Waals surface area (Å²) in [6.07, 6.45) is 19.6. The number of hydrogen-bond donors (Lipinski definition) is 2. The third-order valence-corrected chi connectivity index (χ3v) is 6.28. The molecule has 0 aromatic heterocycles. The molecule has 1 saturated heterocycles. The van der Waals surface area contributed by atoms with Gasteiger partial charge in [0.15, 0.2) is 0 Å². The van der Waals surface area contributed by atoms with Gasteiger partial charge < -0.3 is 24.5 Å². The molecular formula is C32H45NO6. The number of carbonyl (C=O) groups excluding carboxylic acids is 1. The summed E-state index contributed by atoms with van der Waals surface area (Å²) in [6, 6.07) is 1.20. The smallest absolute Gasteiger partial charge is 0.342 e. The van der Waals surface area contributed by atoms with E-state index in [2.05, 4.69) is 17.3 Å². The number of benzene rings is 1. The Bertz CT molecular complexity index is 1060. The van der Waals surface area contributed by atoms with E-state index in [0.717, 1.165) is 37.7 Å². The van der Waals surface area contributed by atoms with Crippen LogP contribution >= 0.6 is 0 Å². The fraction of sp³-hybridized carbons (Fsp3) is 0.500. The first-order valence-corrected chi connectivity index (χ1v) is 14.2. The van der Waals surface area contributed by atoms with Crippen LogP contribution in [0.2, 0.25) is 0 Å². The van der Waals surface area contributed by atoms with E-state index in [4.69, 9.17) is 14.3 Å². The molecule has 0 saturated carbocycles. The fourth-order valence-electron chi connectivity index (χ4n) is 4.44. The minimum Gasteiger partial charge on any atom is -0.507 e. The number of rotatable bonds is 12. The number of nitrogens with zero attached hydrogens (tertiary/aromatic N) is 1. The van der Waals surface area contributed by atoms with Crippen LogP contribution in [0.4, 0.5) is 0 Å². The van der Waals surface area contributed by atoms with Crippen molar-refractivity contribution in [2.24, 2.45) is 5.16 Å². The summed E-state index contributed by atoms with van der Waals surface area (Å²) in [7, 11) is 0. The first-order valence-electron chi connectivity index (χ1n) is 14.2. The monoisotopic (exact) mass is 539 g/mol. The van der Waals surface area contributed by atoms with Crippen molar-refractivity contribution >= 4 is 11.7 Å². The van der Waals surface area contributed by atoms with Gasteiger partial charge in [0.25, 0.3) is 0 Å². The lowest BCUT2D eigenvalue weighted by Gasteiger charge is -2.27. The quantitative estimate of drug-likeness (QED) is 0.0931. The van der Waals surface area contributed by atoms with Crippen LogP contribution in [-0.4, -0.2) is 41.7 Å². The van der Waals surface area contributed by atoms with Gasteiger partial charge in [-0.3, -0.25) is 0 Å². The number of aromatic hydroxyl groups is 2. The number of ether oxygens (including phenoxy) is 2. The summed E-state index contributed by atoms with van der Waals surface area (Å²) in [5.41, 5.74) is 2.59. The van der Waals surface area contributed by atoms with E-state index < -0.39 is 12.1 Å². The van der Waals surface area contributed by atoms with Gasteiger partial charge in [-0.25, -0.2) is 4.79 Å². The van der Waals surface area contributed by atoms with Gasteiger partial charge in [-0.1, -0.05) is 62.4 Å². The Morgan fingerprint density at radius 3 is 2.67 bits per heavy atom. The van der Waals surface area contributed by atoms with E-state index in [0.29, 0.717) is 42.9 Å². The van der Waals surface area contributed by atoms with E-state index in [-0.39, 0.29) is 30.1 Å². The molecule has 7 heteroatoms.